The molecule has 0 heterocycles. The van der Waals surface area contributed by atoms with Gasteiger partial charge in [-0.3, -0.25) is 19.2 Å². The maximum Gasteiger partial charge on any atom is 0.249 e. The van der Waals surface area contributed by atoms with Crippen molar-refractivity contribution < 1.29 is 28.7 Å². The van der Waals surface area contributed by atoms with Gasteiger partial charge in [-0.05, 0) is 77.9 Å². The zero-order valence-corrected chi connectivity index (χ0v) is 31.0. The minimum absolute atomic E-state index is 0.0916. The number of benzene rings is 4. The molecule has 1 aliphatic carbocycles. The van der Waals surface area contributed by atoms with Gasteiger partial charge >= 0.3 is 0 Å². The predicted molar refractivity (Wildman–Crippen MR) is 207 cm³/mol. The number of hydrogen-bond acceptors (Lipinski definition) is 6. The first-order valence-electron chi connectivity index (χ1n) is 18.1. The van der Waals surface area contributed by atoms with Crippen LogP contribution in [-0.2, 0) is 32.0 Å². The zero-order valence-electron chi connectivity index (χ0n) is 31.0. The van der Waals surface area contributed by atoms with E-state index >= 15 is 0 Å². The van der Waals surface area contributed by atoms with Crippen molar-refractivity contribution in [1.82, 2.24) is 10.6 Å². The summed E-state index contributed by atoms with van der Waals surface area (Å²) in [5, 5.41) is 6.08. The quantitative estimate of drug-likeness (QED) is 0.144. The molecule has 0 unspecified atom stereocenters. The molecule has 10 nitrogen and oxygen atoms in total. The second-order valence-corrected chi connectivity index (χ2v) is 13.9. The number of nitrogens with one attached hydrogen (secondary N) is 2. The lowest BCUT2D eigenvalue weighted by Crippen LogP contribution is -2.51. The Morgan fingerprint density at radius 1 is 0.585 bits per heavy atom. The topological polar surface area (TPSA) is 117 Å². The first-order valence-corrected chi connectivity index (χ1v) is 18.1. The Kier molecular flexibility index (Phi) is 13.3. The lowest BCUT2D eigenvalue weighted by atomic mass is 9.78. The average molecular weight is 719 g/mol. The fourth-order valence-electron chi connectivity index (χ4n) is 7.15. The summed E-state index contributed by atoms with van der Waals surface area (Å²) in [5.74, 6) is 0.272. The summed E-state index contributed by atoms with van der Waals surface area (Å²) < 4.78 is 10.5. The van der Waals surface area contributed by atoms with Gasteiger partial charge in [-0.15, -0.1) is 0 Å². The highest BCUT2D eigenvalue weighted by Gasteiger charge is 2.40. The Morgan fingerprint density at radius 3 is 1.28 bits per heavy atom. The van der Waals surface area contributed by atoms with Crippen LogP contribution in [0.1, 0.15) is 49.7 Å². The maximum absolute atomic E-state index is 13.9. The van der Waals surface area contributed by atoms with Gasteiger partial charge in [0.1, 0.15) is 23.6 Å². The highest BCUT2D eigenvalue weighted by atomic mass is 16.5. The highest BCUT2D eigenvalue weighted by Crippen LogP contribution is 2.44. The predicted octanol–water partition coefficient (Wildman–Crippen LogP) is 6.13. The minimum Gasteiger partial charge on any atom is -0.497 e. The number of likely N-dealkylation sites (N-methyl/N-ethyl adjacent to an activating group) is 2. The normalized spacial score (nSPS) is 14.3. The molecule has 0 saturated heterocycles. The average Bonchev–Trinajstić information content (AvgIpc) is 3.64. The highest BCUT2D eigenvalue weighted by molar-refractivity contribution is 6.00. The molecule has 1 fully saturated rings. The molecule has 5 rings (SSSR count). The lowest BCUT2D eigenvalue weighted by Gasteiger charge is -2.31. The van der Waals surface area contributed by atoms with E-state index in [-0.39, 0.29) is 36.5 Å². The van der Waals surface area contributed by atoms with E-state index in [1.807, 2.05) is 60.7 Å². The largest absolute Gasteiger partial charge is 0.497 e. The van der Waals surface area contributed by atoms with E-state index < -0.39 is 17.5 Å². The molecular weight excluding hydrogens is 668 g/mol. The molecule has 2 atom stereocenters. The van der Waals surface area contributed by atoms with Crippen molar-refractivity contribution in [3.05, 3.63) is 120 Å². The SMILES string of the molecule is COc1ccc(N(C)C(=O)[C@H](Cc2ccccc2)NC(=O)CC2(CC(=O)N[C@@H](Cc3ccccc3)C(=O)N(C)c3ccc(OC)cc3)CCCC2)cc1. The Morgan fingerprint density at radius 2 is 0.943 bits per heavy atom. The molecule has 0 aliphatic heterocycles. The second kappa shape index (κ2) is 18.2. The standard InChI is InChI=1S/C43H50N4O6/c1-46(33-17-21-35(52-3)22-18-33)41(50)37(27-31-13-7-5-8-14-31)44-39(48)29-43(25-11-12-26-43)30-40(49)45-38(28-32-15-9-6-10-16-32)42(51)47(2)34-19-23-36(53-4)24-20-34/h5-10,13-24,37-38H,11-12,25-30H2,1-4H3,(H,44,48)(H,45,49)/t37-,38-/m0/s1. The summed E-state index contributed by atoms with van der Waals surface area (Å²) in [6, 6.07) is 31.9. The van der Waals surface area contributed by atoms with Crippen molar-refractivity contribution in [2.24, 2.45) is 5.41 Å². The summed E-state index contributed by atoms with van der Waals surface area (Å²) in [6.07, 6.45) is 3.97. The number of ether oxygens (including phenoxy) is 2. The van der Waals surface area contributed by atoms with E-state index in [9.17, 15) is 19.2 Å². The number of rotatable bonds is 16. The van der Waals surface area contributed by atoms with Crippen LogP contribution in [0.3, 0.4) is 0 Å². The van der Waals surface area contributed by atoms with Crippen molar-refractivity contribution in [3.8, 4) is 11.5 Å². The van der Waals surface area contributed by atoms with Crippen LogP contribution in [-0.4, -0.2) is 64.0 Å². The van der Waals surface area contributed by atoms with Crippen molar-refractivity contribution in [2.75, 3.05) is 38.1 Å². The third-order valence-electron chi connectivity index (χ3n) is 10.1. The Balaban J connectivity index is 1.30. The molecule has 0 aromatic heterocycles. The summed E-state index contributed by atoms with van der Waals surface area (Å²) in [4.78, 5) is 58.7. The van der Waals surface area contributed by atoms with Gasteiger partial charge in [-0.2, -0.15) is 0 Å². The third kappa shape index (κ3) is 10.5. The number of carbonyl (C=O) groups is 4. The molecule has 4 aromatic carbocycles. The number of carbonyl (C=O) groups excluding carboxylic acids is 4. The number of nitrogens with zero attached hydrogens (tertiary/aromatic N) is 2. The molecule has 2 N–H and O–H groups in total. The van der Waals surface area contributed by atoms with Crippen LogP contribution >= 0.6 is 0 Å². The Hall–Kier alpha value is -5.64. The number of methoxy groups -OCH3 is 2. The van der Waals surface area contributed by atoms with Gasteiger partial charge in [0.25, 0.3) is 0 Å². The molecule has 0 radical (unpaired) electrons. The Labute approximate surface area is 312 Å². The molecule has 53 heavy (non-hydrogen) atoms. The molecule has 1 saturated carbocycles. The van der Waals surface area contributed by atoms with Crippen LogP contribution in [0, 0.1) is 5.41 Å². The van der Waals surface area contributed by atoms with Crippen LogP contribution in [0.5, 0.6) is 11.5 Å². The Bertz CT molecular complexity index is 1680. The van der Waals surface area contributed by atoms with Gasteiger partial charge in [0.15, 0.2) is 0 Å². The first-order chi connectivity index (χ1) is 25.6. The number of anilines is 2. The molecule has 4 aromatic rings. The van der Waals surface area contributed by atoms with E-state index in [0.29, 0.717) is 48.6 Å². The fourth-order valence-corrected chi connectivity index (χ4v) is 7.15. The molecule has 0 spiro atoms. The molecule has 1 aliphatic rings. The van der Waals surface area contributed by atoms with Crippen LogP contribution in [0.2, 0.25) is 0 Å². The summed E-state index contributed by atoms with van der Waals surface area (Å²) in [7, 11) is 6.55. The molecule has 4 amide bonds. The fraction of sp³-hybridized carbons (Fsp3) is 0.349. The van der Waals surface area contributed by atoms with Gasteiger partial charge < -0.3 is 29.9 Å². The zero-order chi connectivity index (χ0) is 37.8. The third-order valence-corrected chi connectivity index (χ3v) is 10.1. The minimum atomic E-state index is -0.828. The molecule has 278 valence electrons. The second-order valence-electron chi connectivity index (χ2n) is 13.9. The maximum atomic E-state index is 13.9. The van der Waals surface area contributed by atoms with E-state index in [1.54, 1.807) is 86.6 Å². The van der Waals surface area contributed by atoms with E-state index in [2.05, 4.69) is 10.6 Å². The van der Waals surface area contributed by atoms with Gasteiger partial charge in [0, 0.05) is 51.2 Å². The van der Waals surface area contributed by atoms with Crippen LogP contribution in [0.4, 0.5) is 11.4 Å². The van der Waals surface area contributed by atoms with Crippen LogP contribution in [0.15, 0.2) is 109 Å². The smallest absolute Gasteiger partial charge is 0.249 e. The number of hydrogen-bond donors (Lipinski definition) is 2. The van der Waals surface area contributed by atoms with Gasteiger partial charge in [-0.1, -0.05) is 73.5 Å². The summed E-state index contributed by atoms with van der Waals surface area (Å²) in [5.41, 5.74) is 2.57. The van der Waals surface area contributed by atoms with Crippen molar-refractivity contribution in [2.45, 2.75) is 63.5 Å². The van der Waals surface area contributed by atoms with Gasteiger partial charge in [-0.25, -0.2) is 0 Å². The summed E-state index contributed by atoms with van der Waals surface area (Å²) in [6.45, 7) is 0. The molecular formula is C43H50N4O6. The first kappa shape index (κ1) is 38.6. The van der Waals surface area contributed by atoms with Crippen molar-refractivity contribution in [1.29, 1.82) is 0 Å². The summed E-state index contributed by atoms with van der Waals surface area (Å²) >= 11 is 0. The molecule has 10 heteroatoms. The van der Waals surface area contributed by atoms with E-state index in [4.69, 9.17) is 9.47 Å². The van der Waals surface area contributed by atoms with Crippen LogP contribution in [0.25, 0.3) is 0 Å². The molecule has 0 bridgehead atoms. The van der Waals surface area contributed by atoms with Crippen LogP contribution < -0.4 is 29.9 Å². The van der Waals surface area contributed by atoms with E-state index in [0.717, 1.165) is 24.0 Å². The number of amides is 4. The monoisotopic (exact) mass is 718 g/mol. The van der Waals surface area contributed by atoms with Gasteiger partial charge in [0.2, 0.25) is 23.6 Å². The van der Waals surface area contributed by atoms with E-state index in [1.165, 1.54) is 0 Å². The lowest BCUT2D eigenvalue weighted by molar-refractivity contribution is -0.131. The van der Waals surface area contributed by atoms with Gasteiger partial charge in [0.05, 0.1) is 14.2 Å². The van der Waals surface area contributed by atoms with Crippen molar-refractivity contribution in [3.63, 3.8) is 0 Å². The van der Waals surface area contributed by atoms with Crippen molar-refractivity contribution >= 4 is 35.0 Å².